The van der Waals surface area contributed by atoms with Gasteiger partial charge in [-0.05, 0) is 86.6 Å². The Bertz CT molecular complexity index is 1280. The van der Waals surface area contributed by atoms with E-state index in [2.05, 4.69) is 5.32 Å². The van der Waals surface area contributed by atoms with E-state index >= 15 is 0 Å². The van der Waals surface area contributed by atoms with Gasteiger partial charge in [0.2, 0.25) is 5.91 Å². The zero-order valence-electron chi connectivity index (χ0n) is 18.4. The fourth-order valence-corrected chi connectivity index (χ4v) is 4.51. The number of imide groups is 1. The maximum atomic E-state index is 13.3. The van der Waals surface area contributed by atoms with E-state index in [1.165, 1.54) is 12.1 Å². The second-order valence-electron chi connectivity index (χ2n) is 7.82. The van der Waals surface area contributed by atoms with Crippen LogP contribution >= 0.6 is 11.8 Å². The lowest BCUT2D eigenvalue weighted by Gasteiger charge is -2.12. The lowest BCUT2D eigenvalue weighted by molar-refractivity contribution is -0.127. The van der Waals surface area contributed by atoms with E-state index in [0.717, 1.165) is 44.9 Å². The van der Waals surface area contributed by atoms with E-state index in [1.54, 1.807) is 30.3 Å². The summed E-state index contributed by atoms with van der Waals surface area (Å²) < 4.78 is 15.2. The first-order valence-electron chi connectivity index (χ1n) is 10.3. The molecule has 1 fully saturated rings. The number of anilines is 1. The molecule has 0 unspecified atom stereocenters. The van der Waals surface area contributed by atoms with Crippen LogP contribution in [0.15, 0.2) is 59.5 Å². The van der Waals surface area contributed by atoms with Crippen molar-refractivity contribution in [3.8, 4) is 5.69 Å². The number of aromatic nitrogens is 1. The monoisotopic (exact) mass is 463 g/mol. The summed E-state index contributed by atoms with van der Waals surface area (Å²) in [7, 11) is 0. The number of nitrogens with one attached hydrogen (secondary N) is 1. The minimum Gasteiger partial charge on any atom is -0.325 e. The average molecular weight is 464 g/mol. The molecule has 1 aliphatic rings. The number of carbonyl (C=O) groups excluding carboxylic acids is 3. The van der Waals surface area contributed by atoms with Crippen LogP contribution in [0.2, 0.25) is 0 Å². The highest BCUT2D eigenvalue weighted by atomic mass is 32.2. The number of amides is 3. The highest BCUT2D eigenvalue weighted by molar-refractivity contribution is 8.18. The second-order valence-corrected chi connectivity index (χ2v) is 8.81. The molecule has 1 aliphatic heterocycles. The summed E-state index contributed by atoms with van der Waals surface area (Å²) in [5.41, 5.74) is 4.98. The quantitative estimate of drug-likeness (QED) is 0.527. The molecular formula is C25H22FN3O3S. The van der Waals surface area contributed by atoms with Crippen LogP contribution in [-0.2, 0) is 9.59 Å². The molecule has 33 heavy (non-hydrogen) atoms. The Balaban J connectivity index is 1.52. The van der Waals surface area contributed by atoms with Gasteiger partial charge in [-0.25, -0.2) is 4.39 Å². The Kier molecular flexibility index (Phi) is 6.20. The number of benzene rings is 2. The molecule has 0 radical (unpaired) electrons. The molecule has 3 amide bonds. The molecule has 0 atom stereocenters. The maximum absolute atomic E-state index is 13.3. The number of halogens is 1. The van der Waals surface area contributed by atoms with Crippen LogP contribution in [-0.4, -0.2) is 33.1 Å². The van der Waals surface area contributed by atoms with Gasteiger partial charge in [-0.1, -0.05) is 17.7 Å². The van der Waals surface area contributed by atoms with Gasteiger partial charge in [-0.2, -0.15) is 0 Å². The topological polar surface area (TPSA) is 71.4 Å². The van der Waals surface area contributed by atoms with Gasteiger partial charge in [0.15, 0.2) is 0 Å². The highest BCUT2D eigenvalue weighted by Gasteiger charge is 2.36. The summed E-state index contributed by atoms with van der Waals surface area (Å²) in [5.74, 6) is -1.27. The predicted molar refractivity (Wildman–Crippen MR) is 128 cm³/mol. The number of aryl methyl sites for hydroxylation is 2. The standard InChI is InChI=1S/C25H22FN3O3S/c1-15-4-8-20(9-5-15)27-23(30)14-28-24(31)22(33-25(28)32)13-18-12-16(2)29(17(18)3)21-10-6-19(26)7-11-21/h4-13H,14H2,1-3H3,(H,27,30)/b22-13+. The van der Waals surface area contributed by atoms with Crippen molar-refractivity contribution in [1.29, 1.82) is 0 Å². The van der Waals surface area contributed by atoms with Crippen LogP contribution in [0.4, 0.5) is 14.9 Å². The van der Waals surface area contributed by atoms with E-state index in [9.17, 15) is 18.8 Å². The molecule has 0 aliphatic carbocycles. The Morgan fingerprint density at radius 1 is 1.03 bits per heavy atom. The first-order chi connectivity index (χ1) is 15.7. The van der Waals surface area contributed by atoms with Crippen molar-refractivity contribution in [2.24, 2.45) is 0 Å². The zero-order chi connectivity index (χ0) is 23.7. The van der Waals surface area contributed by atoms with Crippen molar-refractivity contribution >= 4 is 40.6 Å². The zero-order valence-corrected chi connectivity index (χ0v) is 19.2. The molecule has 1 aromatic heterocycles. The molecule has 2 heterocycles. The summed E-state index contributed by atoms with van der Waals surface area (Å²) in [6, 6.07) is 15.3. The maximum Gasteiger partial charge on any atom is 0.294 e. The first-order valence-corrected chi connectivity index (χ1v) is 11.1. The number of nitrogens with zero attached hydrogens (tertiary/aromatic N) is 2. The summed E-state index contributed by atoms with van der Waals surface area (Å²) in [4.78, 5) is 38.9. The fourth-order valence-electron chi connectivity index (χ4n) is 3.68. The van der Waals surface area contributed by atoms with Gasteiger partial charge in [0.25, 0.3) is 11.1 Å². The molecule has 2 aromatic carbocycles. The van der Waals surface area contributed by atoms with Crippen molar-refractivity contribution in [1.82, 2.24) is 9.47 Å². The van der Waals surface area contributed by atoms with E-state index in [4.69, 9.17) is 0 Å². The van der Waals surface area contributed by atoms with Crippen molar-refractivity contribution in [2.75, 3.05) is 11.9 Å². The van der Waals surface area contributed by atoms with Crippen LogP contribution in [0.25, 0.3) is 11.8 Å². The number of hydrogen-bond acceptors (Lipinski definition) is 4. The van der Waals surface area contributed by atoms with Gasteiger partial charge in [-0.3, -0.25) is 19.3 Å². The molecule has 168 valence electrons. The molecule has 8 heteroatoms. The van der Waals surface area contributed by atoms with Gasteiger partial charge in [0, 0.05) is 22.8 Å². The summed E-state index contributed by atoms with van der Waals surface area (Å²) in [6.45, 7) is 5.39. The van der Waals surface area contributed by atoms with Gasteiger partial charge >= 0.3 is 0 Å². The normalized spacial score (nSPS) is 14.9. The lowest BCUT2D eigenvalue weighted by atomic mass is 10.2. The van der Waals surface area contributed by atoms with Gasteiger partial charge in [-0.15, -0.1) is 0 Å². The summed E-state index contributed by atoms with van der Waals surface area (Å²) >= 11 is 0.808. The Hall–Kier alpha value is -3.65. The third-order valence-electron chi connectivity index (χ3n) is 5.35. The third-order valence-corrected chi connectivity index (χ3v) is 6.26. The third kappa shape index (κ3) is 4.75. The molecule has 4 rings (SSSR count). The van der Waals surface area contributed by atoms with E-state index < -0.39 is 17.1 Å². The first kappa shape index (κ1) is 22.5. The molecule has 1 N–H and O–H groups in total. The SMILES string of the molecule is Cc1ccc(NC(=O)CN2C(=O)S/C(=C/c3cc(C)n(-c4ccc(F)cc4)c3C)C2=O)cc1. The molecule has 0 bridgehead atoms. The van der Waals surface area contributed by atoms with Crippen molar-refractivity contribution in [3.05, 3.63) is 87.8 Å². The Morgan fingerprint density at radius 3 is 2.36 bits per heavy atom. The molecule has 3 aromatic rings. The molecular weight excluding hydrogens is 441 g/mol. The minimum atomic E-state index is -0.504. The lowest BCUT2D eigenvalue weighted by Crippen LogP contribution is -2.36. The average Bonchev–Trinajstić information content (AvgIpc) is 3.20. The number of rotatable bonds is 5. The van der Waals surface area contributed by atoms with Gasteiger partial charge in [0.05, 0.1) is 4.91 Å². The van der Waals surface area contributed by atoms with E-state index in [-0.39, 0.29) is 17.3 Å². The van der Waals surface area contributed by atoms with E-state index in [0.29, 0.717) is 5.69 Å². The summed E-state index contributed by atoms with van der Waals surface area (Å²) in [6.07, 6.45) is 1.66. The van der Waals surface area contributed by atoms with Crippen molar-refractivity contribution < 1.29 is 18.8 Å². The fraction of sp³-hybridized carbons (Fsp3) is 0.160. The van der Waals surface area contributed by atoms with Crippen molar-refractivity contribution in [2.45, 2.75) is 20.8 Å². The van der Waals surface area contributed by atoms with Crippen LogP contribution in [0.3, 0.4) is 0 Å². The van der Waals surface area contributed by atoms with Gasteiger partial charge in [0.1, 0.15) is 12.4 Å². The molecule has 1 saturated heterocycles. The second kappa shape index (κ2) is 9.07. The largest absolute Gasteiger partial charge is 0.325 e. The molecule has 0 spiro atoms. The Morgan fingerprint density at radius 2 is 1.70 bits per heavy atom. The highest BCUT2D eigenvalue weighted by Crippen LogP contribution is 2.33. The van der Waals surface area contributed by atoms with Gasteiger partial charge < -0.3 is 9.88 Å². The van der Waals surface area contributed by atoms with Crippen LogP contribution in [0.1, 0.15) is 22.5 Å². The summed E-state index contributed by atoms with van der Waals surface area (Å²) in [5, 5.41) is 2.21. The van der Waals surface area contributed by atoms with Crippen LogP contribution < -0.4 is 5.32 Å². The van der Waals surface area contributed by atoms with Crippen LogP contribution in [0.5, 0.6) is 0 Å². The number of thioether (sulfide) groups is 1. The molecule has 6 nitrogen and oxygen atoms in total. The molecule has 0 saturated carbocycles. The van der Waals surface area contributed by atoms with E-state index in [1.807, 2.05) is 43.5 Å². The number of hydrogen-bond donors (Lipinski definition) is 1. The van der Waals surface area contributed by atoms with Crippen molar-refractivity contribution in [3.63, 3.8) is 0 Å². The predicted octanol–water partition coefficient (Wildman–Crippen LogP) is 5.22. The smallest absolute Gasteiger partial charge is 0.294 e. The number of carbonyl (C=O) groups is 3. The minimum absolute atomic E-state index is 0.252. The Labute approximate surface area is 195 Å². The van der Waals surface area contributed by atoms with Crippen LogP contribution in [0, 0.1) is 26.6 Å².